The molecule has 6 nitrogen and oxygen atoms in total. The number of furan rings is 1. The van der Waals surface area contributed by atoms with Crippen molar-refractivity contribution < 1.29 is 37.4 Å². The van der Waals surface area contributed by atoms with Crippen molar-refractivity contribution in [3.63, 3.8) is 0 Å². The average molecular weight is 507 g/mol. The summed E-state index contributed by atoms with van der Waals surface area (Å²) in [5.74, 6) is -3.57. The Labute approximate surface area is 207 Å². The van der Waals surface area contributed by atoms with Gasteiger partial charge in [0.2, 0.25) is 10.9 Å². The number of esters is 1. The minimum atomic E-state index is -2.29. The van der Waals surface area contributed by atoms with E-state index in [1.165, 1.54) is 37.5 Å². The Bertz CT molecular complexity index is 1160. The van der Waals surface area contributed by atoms with E-state index in [0.717, 1.165) is 6.08 Å². The van der Waals surface area contributed by atoms with E-state index >= 15 is 8.78 Å². The molecule has 4 aliphatic carbocycles. The summed E-state index contributed by atoms with van der Waals surface area (Å²) in [4.78, 5) is 38.0. The Morgan fingerprint density at radius 2 is 1.97 bits per heavy atom. The van der Waals surface area contributed by atoms with Crippen LogP contribution in [0.2, 0.25) is 0 Å². The first-order valence-electron chi connectivity index (χ1n) is 11.8. The highest BCUT2D eigenvalue weighted by atomic mass is 32.1. The number of ketones is 1. The molecule has 5 rings (SSSR count). The molecule has 1 N–H and O–H groups in total. The number of alkyl halides is 2. The Morgan fingerprint density at radius 1 is 1.26 bits per heavy atom. The standard InChI is InChI=1S/C26H28F2O6S/c1-13-9-15-16-11-18(27)17-10-14(29)6-7-23(17,2)25(16,28)20(30)12-24(15,3)26(13,22(32)35)34-21(31)19-5-4-8-33-19/h4-8,10,13,15-16,18,20,30H,9,11-12H2,1-3H3,(H,32,35)/t13?,15?,16?,18?,20-,23-,24-,25?,26-/m0/s1. The summed E-state index contributed by atoms with van der Waals surface area (Å²) in [6, 6.07) is 2.91. The van der Waals surface area contributed by atoms with Gasteiger partial charge in [-0.1, -0.05) is 19.9 Å². The van der Waals surface area contributed by atoms with Crippen LogP contribution in [-0.4, -0.2) is 45.5 Å². The zero-order valence-corrected chi connectivity index (χ0v) is 20.6. The number of carbonyl (C=O) groups excluding carboxylic acids is 3. The summed E-state index contributed by atoms with van der Waals surface area (Å²) in [6.07, 6.45) is 1.58. The summed E-state index contributed by atoms with van der Waals surface area (Å²) in [6.45, 7) is 4.93. The second-order valence-corrected chi connectivity index (χ2v) is 11.3. The number of hydrogen-bond acceptors (Lipinski definition) is 6. The first-order valence-corrected chi connectivity index (χ1v) is 12.2. The Morgan fingerprint density at radius 3 is 2.60 bits per heavy atom. The number of carbonyl (C=O) groups is 3. The quantitative estimate of drug-likeness (QED) is 0.472. The van der Waals surface area contributed by atoms with Gasteiger partial charge in [0, 0.05) is 22.7 Å². The molecule has 188 valence electrons. The van der Waals surface area contributed by atoms with Gasteiger partial charge >= 0.3 is 5.97 Å². The van der Waals surface area contributed by atoms with Crippen LogP contribution in [0.5, 0.6) is 0 Å². The largest absolute Gasteiger partial charge is 0.457 e. The van der Waals surface area contributed by atoms with Gasteiger partial charge in [0.25, 0.3) is 0 Å². The predicted octanol–water partition coefficient (Wildman–Crippen LogP) is 4.20. The number of allylic oxidation sites excluding steroid dienone is 4. The summed E-state index contributed by atoms with van der Waals surface area (Å²) in [5.41, 5.74) is -6.80. The predicted molar refractivity (Wildman–Crippen MR) is 124 cm³/mol. The Hall–Kier alpha value is -2.26. The number of halogens is 2. The third-order valence-corrected chi connectivity index (χ3v) is 9.79. The SMILES string of the molecule is CC1CC2C3CC(F)C4=CC(=O)C=C[C@]4(C)C3(F)[C@@H](O)C[C@]2(C)[C@@]1(OC(=O)c1ccco1)C(=O)S. The minimum Gasteiger partial charge on any atom is -0.457 e. The van der Waals surface area contributed by atoms with Gasteiger partial charge in [0.1, 0.15) is 6.17 Å². The van der Waals surface area contributed by atoms with E-state index < -0.39 is 69.0 Å². The van der Waals surface area contributed by atoms with E-state index in [-0.39, 0.29) is 30.6 Å². The molecule has 9 atom stereocenters. The van der Waals surface area contributed by atoms with E-state index in [9.17, 15) is 19.5 Å². The molecule has 0 amide bonds. The number of aliphatic hydroxyl groups is 1. The van der Waals surface area contributed by atoms with Crippen molar-refractivity contribution >= 4 is 29.5 Å². The molecule has 3 fully saturated rings. The maximum absolute atomic E-state index is 17.3. The van der Waals surface area contributed by atoms with Crippen LogP contribution < -0.4 is 0 Å². The second kappa shape index (κ2) is 7.62. The van der Waals surface area contributed by atoms with E-state index in [1.807, 2.05) is 0 Å². The molecule has 0 saturated heterocycles. The molecule has 35 heavy (non-hydrogen) atoms. The van der Waals surface area contributed by atoms with Crippen molar-refractivity contribution in [3.05, 3.63) is 48.0 Å². The molecule has 0 radical (unpaired) electrons. The van der Waals surface area contributed by atoms with Crippen LogP contribution in [0.4, 0.5) is 8.78 Å². The molecule has 0 bridgehead atoms. The lowest BCUT2D eigenvalue weighted by Gasteiger charge is -2.63. The maximum atomic E-state index is 17.3. The topological polar surface area (TPSA) is 93.8 Å². The van der Waals surface area contributed by atoms with Crippen LogP contribution in [0.25, 0.3) is 0 Å². The molecular weight excluding hydrogens is 478 g/mol. The molecular formula is C26H28F2O6S. The van der Waals surface area contributed by atoms with Crippen molar-refractivity contribution in [2.75, 3.05) is 0 Å². The maximum Gasteiger partial charge on any atom is 0.375 e. The van der Waals surface area contributed by atoms with Gasteiger partial charge < -0.3 is 14.3 Å². The van der Waals surface area contributed by atoms with Gasteiger partial charge in [-0.15, -0.1) is 12.6 Å². The highest BCUT2D eigenvalue weighted by Crippen LogP contribution is 2.71. The molecule has 1 aromatic heterocycles. The van der Waals surface area contributed by atoms with Gasteiger partial charge in [-0.2, -0.15) is 0 Å². The summed E-state index contributed by atoms with van der Waals surface area (Å²) in [7, 11) is 0. The summed E-state index contributed by atoms with van der Waals surface area (Å²) >= 11 is 4.11. The number of ether oxygens (including phenoxy) is 1. The second-order valence-electron chi connectivity index (χ2n) is 10.9. The monoisotopic (exact) mass is 506 g/mol. The lowest BCUT2D eigenvalue weighted by molar-refractivity contribution is -0.221. The van der Waals surface area contributed by atoms with Crippen molar-refractivity contribution in [1.29, 1.82) is 0 Å². The number of rotatable bonds is 3. The lowest BCUT2D eigenvalue weighted by Crippen LogP contribution is -2.70. The zero-order valence-electron chi connectivity index (χ0n) is 19.7. The van der Waals surface area contributed by atoms with Crippen molar-refractivity contribution in [2.24, 2.45) is 28.6 Å². The first-order chi connectivity index (χ1) is 16.3. The van der Waals surface area contributed by atoms with Crippen molar-refractivity contribution in [3.8, 4) is 0 Å². The van der Waals surface area contributed by atoms with E-state index in [4.69, 9.17) is 9.15 Å². The first kappa shape index (κ1) is 24.4. The molecule has 4 aliphatic rings. The van der Waals surface area contributed by atoms with Gasteiger partial charge in [0.05, 0.1) is 12.4 Å². The van der Waals surface area contributed by atoms with E-state index in [2.05, 4.69) is 12.6 Å². The minimum absolute atomic E-state index is 0.0261. The molecule has 0 aliphatic heterocycles. The number of thiol groups is 1. The van der Waals surface area contributed by atoms with Crippen LogP contribution in [0.15, 0.2) is 46.6 Å². The van der Waals surface area contributed by atoms with Gasteiger partial charge in [0.15, 0.2) is 17.1 Å². The normalized spacial score (nSPS) is 46.3. The Balaban J connectivity index is 1.62. The number of fused-ring (bicyclic) bond motifs is 5. The fraction of sp³-hybridized carbons (Fsp3) is 0.577. The molecule has 3 saturated carbocycles. The van der Waals surface area contributed by atoms with Crippen molar-refractivity contribution in [1.82, 2.24) is 0 Å². The average Bonchev–Trinajstić information content (AvgIpc) is 3.39. The molecule has 5 unspecified atom stereocenters. The van der Waals surface area contributed by atoms with Gasteiger partial charge in [-0.25, -0.2) is 13.6 Å². The molecule has 1 heterocycles. The van der Waals surface area contributed by atoms with E-state index in [0.29, 0.717) is 0 Å². The van der Waals surface area contributed by atoms with Crippen molar-refractivity contribution in [2.45, 2.75) is 63.6 Å². The third kappa shape index (κ3) is 2.88. The Kier molecular flexibility index (Phi) is 5.32. The fourth-order valence-corrected chi connectivity index (χ4v) is 8.35. The van der Waals surface area contributed by atoms with Crippen LogP contribution in [0, 0.1) is 28.6 Å². The molecule has 9 heteroatoms. The summed E-state index contributed by atoms with van der Waals surface area (Å²) < 4.78 is 43.8. The summed E-state index contributed by atoms with van der Waals surface area (Å²) in [5, 5.41) is 10.7. The highest BCUT2D eigenvalue weighted by molar-refractivity contribution is 7.96. The third-order valence-electron chi connectivity index (χ3n) is 9.46. The fourth-order valence-electron chi connectivity index (χ4n) is 7.83. The smallest absolute Gasteiger partial charge is 0.375 e. The van der Waals surface area contributed by atoms with E-state index in [1.54, 1.807) is 13.8 Å². The van der Waals surface area contributed by atoms with Crippen LogP contribution in [-0.2, 0) is 14.3 Å². The van der Waals surface area contributed by atoms with Crippen LogP contribution in [0.1, 0.15) is 50.6 Å². The van der Waals surface area contributed by atoms with Gasteiger partial charge in [-0.3, -0.25) is 9.59 Å². The molecule has 1 aromatic rings. The molecule has 0 spiro atoms. The number of hydrogen-bond donors (Lipinski definition) is 2. The molecule has 0 aromatic carbocycles. The zero-order chi connectivity index (χ0) is 25.6. The van der Waals surface area contributed by atoms with Gasteiger partial charge in [-0.05, 0) is 62.0 Å². The number of aliphatic hydroxyl groups excluding tert-OH is 1. The van der Waals surface area contributed by atoms with Crippen LogP contribution >= 0.6 is 12.6 Å². The lowest BCUT2D eigenvalue weighted by atomic mass is 9.44. The van der Waals surface area contributed by atoms with Crippen LogP contribution in [0.3, 0.4) is 0 Å². The highest BCUT2D eigenvalue weighted by Gasteiger charge is 2.78.